The summed E-state index contributed by atoms with van der Waals surface area (Å²) in [4.78, 5) is 13.8. The fourth-order valence-corrected chi connectivity index (χ4v) is 2.42. The first-order chi connectivity index (χ1) is 8.56. The van der Waals surface area contributed by atoms with Crippen molar-refractivity contribution in [3.63, 3.8) is 0 Å². The minimum atomic E-state index is -0.337. The first-order valence-electron chi connectivity index (χ1n) is 6.03. The van der Waals surface area contributed by atoms with Crippen molar-refractivity contribution in [3.8, 4) is 0 Å². The van der Waals surface area contributed by atoms with Gasteiger partial charge in [0.25, 0.3) is 0 Å². The molecule has 2 rings (SSSR count). The molecule has 1 aromatic rings. The lowest BCUT2D eigenvalue weighted by Crippen LogP contribution is -2.46. The van der Waals surface area contributed by atoms with E-state index in [-0.39, 0.29) is 24.2 Å². The van der Waals surface area contributed by atoms with Crippen molar-refractivity contribution in [2.24, 2.45) is 5.73 Å². The van der Waals surface area contributed by atoms with E-state index in [4.69, 9.17) is 5.73 Å². The molecule has 3 nitrogen and oxygen atoms in total. The number of benzene rings is 1. The molecule has 0 unspecified atom stereocenters. The number of nitrogens with two attached hydrogens (primary N) is 1. The van der Waals surface area contributed by atoms with Gasteiger partial charge in [-0.15, -0.1) is 0 Å². The summed E-state index contributed by atoms with van der Waals surface area (Å²) in [5.74, 6) is -0.317. The molecular formula is C13H16BrFN2O. The summed E-state index contributed by atoms with van der Waals surface area (Å²) < 4.78 is 13.8. The van der Waals surface area contributed by atoms with Crippen LogP contribution < -0.4 is 5.73 Å². The van der Waals surface area contributed by atoms with E-state index in [1.807, 2.05) is 0 Å². The van der Waals surface area contributed by atoms with E-state index in [1.54, 1.807) is 17.0 Å². The zero-order valence-electron chi connectivity index (χ0n) is 10.0. The number of piperidine rings is 1. The number of carbonyl (C=O) groups excluding carboxylic acids is 1. The Kier molecular flexibility index (Phi) is 4.35. The Hall–Kier alpha value is -0.940. The topological polar surface area (TPSA) is 46.3 Å². The normalized spacial score (nSPS) is 19.9. The van der Waals surface area contributed by atoms with Crippen molar-refractivity contribution in [1.29, 1.82) is 0 Å². The lowest BCUT2D eigenvalue weighted by Gasteiger charge is -2.30. The second-order valence-electron chi connectivity index (χ2n) is 4.67. The van der Waals surface area contributed by atoms with Gasteiger partial charge in [0.1, 0.15) is 5.82 Å². The van der Waals surface area contributed by atoms with Gasteiger partial charge in [-0.1, -0.05) is 6.07 Å². The summed E-state index contributed by atoms with van der Waals surface area (Å²) in [5.41, 5.74) is 6.53. The molecule has 0 bridgehead atoms. The van der Waals surface area contributed by atoms with Crippen LogP contribution in [0.4, 0.5) is 4.39 Å². The zero-order valence-corrected chi connectivity index (χ0v) is 11.6. The van der Waals surface area contributed by atoms with Gasteiger partial charge in [0.2, 0.25) is 5.91 Å². The van der Waals surface area contributed by atoms with Crippen LogP contribution >= 0.6 is 15.9 Å². The quantitative estimate of drug-likeness (QED) is 0.908. The summed E-state index contributed by atoms with van der Waals surface area (Å²) in [6, 6.07) is 4.85. The molecule has 0 aliphatic carbocycles. The summed E-state index contributed by atoms with van der Waals surface area (Å²) in [6.07, 6.45) is 2.15. The standard InChI is InChI=1S/C13H16BrFN2O/c14-11-4-3-9(6-12(11)15)7-13(18)17-5-1-2-10(16)8-17/h3-4,6,10H,1-2,5,7-8,16H2/t10-/m0/s1. The predicted molar refractivity (Wildman–Crippen MR) is 71.6 cm³/mol. The monoisotopic (exact) mass is 314 g/mol. The SMILES string of the molecule is N[C@H]1CCCN(C(=O)Cc2ccc(Br)c(F)c2)C1. The molecule has 0 aromatic heterocycles. The number of likely N-dealkylation sites (tertiary alicyclic amines) is 1. The van der Waals surface area contributed by atoms with Gasteiger partial charge in [0.15, 0.2) is 0 Å². The summed E-state index contributed by atoms with van der Waals surface area (Å²) in [7, 11) is 0. The first-order valence-corrected chi connectivity index (χ1v) is 6.83. The molecule has 1 saturated heterocycles. The number of hydrogen-bond acceptors (Lipinski definition) is 2. The van der Waals surface area contributed by atoms with Crippen molar-refractivity contribution in [2.45, 2.75) is 25.3 Å². The van der Waals surface area contributed by atoms with Crippen LogP contribution in [0.25, 0.3) is 0 Å². The van der Waals surface area contributed by atoms with E-state index >= 15 is 0 Å². The maximum Gasteiger partial charge on any atom is 0.227 e. The van der Waals surface area contributed by atoms with Gasteiger partial charge >= 0.3 is 0 Å². The van der Waals surface area contributed by atoms with E-state index in [2.05, 4.69) is 15.9 Å². The molecule has 5 heteroatoms. The fourth-order valence-electron chi connectivity index (χ4n) is 2.17. The van der Waals surface area contributed by atoms with Gasteiger partial charge in [0.05, 0.1) is 10.9 Å². The maximum atomic E-state index is 13.3. The van der Waals surface area contributed by atoms with Gasteiger partial charge in [-0.2, -0.15) is 0 Å². The number of nitrogens with zero attached hydrogens (tertiary/aromatic N) is 1. The molecule has 98 valence electrons. The lowest BCUT2D eigenvalue weighted by atomic mass is 10.1. The fraction of sp³-hybridized carbons (Fsp3) is 0.462. The Morgan fingerprint density at radius 2 is 2.33 bits per heavy atom. The molecule has 18 heavy (non-hydrogen) atoms. The Balaban J connectivity index is 2.00. The highest BCUT2D eigenvalue weighted by atomic mass is 79.9. The van der Waals surface area contributed by atoms with Crippen molar-refractivity contribution in [3.05, 3.63) is 34.1 Å². The molecule has 1 fully saturated rings. The van der Waals surface area contributed by atoms with E-state index < -0.39 is 0 Å². The highest BCUT2D eigenvalue weighted by molar-refractivity contribution is 9.10. The number of halogens is 2. The smallest absolute Gasteiger partial charge is 0.227 e. The molecule has 1 amide bonds. The minimum Gasteiger partial charge on any atom is -0.341 e. The number of carbonyl (C=O) groups is 1. The van der Waals surface area contributed by atoms with Crippen molar-refractivity contribution < 1.29 is 9.18 Å². The molecule has 1 aliphatic rings. The molecule has 1 aromatic carbocycles. The molecule has 0 saturated carbocycles. The predicted octanol–water partition coefficient (Wildman–Crippen LogP) is 2.08. The highest BCUT2D eigenvalue weighted by Gasteiger charge is 2.21. The van der Waals surface area contributed by atoms with Crippen molar-refractivity contribution >= 4 is 21.8 Å². The van der Waals surface area contributed by atoms with Crippen LogP contribution in [0.1, 0.15) is 18.4 Å². The minimum absolute atomic E-state index is 0.0203. The number of rotatable bonds is 2. The van der Waals surface area contributed by atoms with Crippen LogP contribution in [0.5, 0.6) is 0 Å². The summed E-state index contributed by atoms with van der Waals surface area (Å²) in [6.45, 7) is 1.36. The van der Waals surface area contributed by atoms with E-state index in [1.165, 1.54) is 6.07 Å². The van der Waals surface area contributed by atoms with E-state index in [0.717, 1.165) is 19.4 Å². The van der Waals surface area contributed by atoms with Crippen LogP contribution in [0.15, 0.2) is 22.7 Å². The summed E-state index contributed by atoms with van der Waals surface area (Å²) in [5, 5.41) is 0. The van der Waals surface area contributed by atoms with Gasteiger partial charge in [0, 0.05) is 19.1 Å². The average molecular weight is 315 g/mol. The van der Waals surface area contributed by atoms with Crippen molar-refractivity contribution in [2.75, 3.05) is 13.1 Å². The second kappa shape index (κ2) is 5.80. The van der Waals surface area contributed by atoms with Crippen LogP contribution in [-0.4, -0.2) is 29.9 Å². The van der Waals surface area contributed by atoms with Crippen LogP contribution in [0.2, 0.25) is 0 Å². The molecule has 2 N–H and O–H groups in total. The highest BCUT2D eigenvalue weighted by Crippen LogP contribution is 2.17. The Morgan fingerprint density at radius 3 is 3.00 bits per heavy atom. The molecule has 1 heterocycles. The third kappa shape index (κ3) is 3.29. The van der Waals surface area contributed by atoms with Gasteiger partial charge < -0.3 is 10.6 Å². The number of amides is 1. The average Bonchev–Trinajstić information content (AvgIpc) is 2.34. The van der Waals surface area contributed by atoms with E-state index in [0.29, 0.717) is 16.6 Å². The van der Waals surface area contributed by atoms with Crippen LogP contribution in [0, 0.1) is 5.82 Å². The van der Waals surface area contributed by atoms with Gasteiger partial charge in [-0.25, -0.2) is 4.39 Å². The van der Waals surface area contributed by atoms with E-state index in [9.17, 15) is 9.18 Å². The Labute approximate surface area is 114 Å². The largest absolute Gasteiger partial charge is 0.341 e. The van der Waals surface area contributed by atoms with Crippen molar-refractivity contribution in [1.82, 2.24) is 4.90 Å². The molecule has 1 aliphatic heterocycles. The van der Waals surface area contributed by atoms with Gasteiger partial charge in [-0.3, -0.25) is 4.79 Å². The molecule has 0 radical (unpaired) electrons. The third-order valence-electron chi connectivity index (χ3n) is 3.15. The zero-order chi connectivity index (χ0) is 13.1. The third-order valence-corrected chi connectivity index (χ3v) is 3.79. The van der Waals surface area contributed by atoms with Crippen LogP contribution in [-0.2, 0) is 11.2 Å². The Bertz CT molecular complexity index is 453. The molecule has 0 spiro atoms. The van der Waals surface area contributed by atoms with Gasteiger partial charge in [-0.05, 0) is 46.5 Å². The number of hydrogen-bond donors (Lipinski definition) is 1. The second-order valence-corrected chi connectivity index (χ2v) is 5.52. The summed E-state index contributed by atoms with van der Waals surface area (Å²) >= 11 is 3.09. The Morgan fingerprint density at radius 1 is 1.56 bits per heavy atom. The lowest BCUT2D eigenvalue weighted by molar-refractivity contribution is -0.131. The van der Waals surface area contributed by atoms with Crippen LogP contribution in [0.3, 0.4) is 0 Å². The molecular weight excluding hydrogens is 299 g/mol. The molecule has 1 atom stereocenters. The maximum absolute atomic E-state index is 13.3. The first kappa shape index (κ1) is 13.5.